The molecule has 0 saturated heterocycles. The maximum atomic E-state index is 11.0. The molecule has 3 aromatic rings. The second-order valence-corrected chi connectivity index (χ2v) is 5.66. The number of halogens is 1. The summed E-state index contributed by atoms with van der Waals surface area (Å²) in [4.78, 5) is 12.1. The first-order chi connectivity index (χ1) is 9.06. The van der Waals surface area contributed by atoms with Crippen LogP contribution in [0.5, 0.6) is 0 Å². The van der Waals surface area contributed by atoms with Gasteiger partial charge in [0.2, 0.25) is 0 Å². The Morgan fingerprint density at radius 1 is 1.37 bits per heavy atom. The van der Waals surface area contributed by atoms with E-state index >= 15 is 0 Å². The summed E-state index contributed by atoms with van der Waals surface area (Å²) in [5.41, 5.74) is 1.52. The van der Waals surface area contributed by atoms with Gasteiger partial charge in [-0.3, -0.25) is 0 Å². The number of rotatable bonds is 2. The molecule has 0 spiro atoms. The number of para-hydroxylation sites is 1. The number of furan rings is 1. The first kappa shape index (κ1) is 12.3. The van der Waals surface area contributed by atoms with Crippen LogP contribution in [-0.4, -0.2) is 11.1 Å². The summed E-state index contributed by atoms with van der Waals surface area (Å²) in [5, 5.41) is 10.5. The maximum Gasteiger partial charge on any atom is 0.345 e. The van der Waals surface area contributed by atoms with Crippen LogP contribution in [0.25, 0.3) is 21.6 Å². The molecule has 1 aromatic carbocycles. The summed E-state index contributed by atoms with van der Waals surface area (Å²) in [5.74, 6) is -0.272. The normalized spacial score (nSPS) is 11.1. The van der Waals surface area contributed by atoms with Crippen LogP contribution in [0.3, 0.4) is 0 Å². The number of thiophene rings is 1. The van der Waals surface area contributed by atoms with E-state index in [0.717, 1.165) is 15.8 Å². The summed E-state index contributed by atoms with van der Waals surface area (Å²) in [6, 6.07) is 9.06. The van der Waals surface area contributed by atoms with Gasteiger partial charge in [-0.15, -0.1) is 11.3 Å². The molecular weight excluding hydrogens is 284 g/mol. The SMILES string of the molecule is Cc1cc(C(=O)O)sc1-c1cc2cccc(Cl)c2o1. The number of aryl methyl sites for hydroxylation is 1. The smallest absolute Gasteiger partial charge is 0.345 e. The van der Waals surface area contributed by atoms with Gasteiger partial charge in [0.1, 0.15) is 10.6 Å². The minimum absolute atomic E-state index is 0.305. The largest absolute Gasteiger partial charge is 0.477 e. The Labute approximate surface area is 118 Å². The van der Waals surface area contributed by atoms with E-state index in [-0.39, 0.29) is 0 Å². The fraction of sp³-hybridized carbons (Fsp3) is 0.0714. The van der Waals surface area contributed by atoms with E-state index in [2.05, 4.69) is 0 Å². The van der Waals surface area contributed by atoms with Crippen LogP contribution in [0.1, 0.15) is 15.2 Å². The third-order valence-corrected chi connectivity index (χ3v) is 4.39. The quantitative estimate of drug-likeness (QED) is 0.736. The average Bonchev–Trinajstić information content (AvgIpc) is 2.93. The Morgan fingerprint density at radius 2 is 2.16 bits per heavy atom. The van der Waals surface area contributed by atoms with Crippen LogP contribution in [0.2, 0.25) is 5.02 Å². The minimum atomic E-state index is -0.923. The Morgan fingerprint density at radius 3 is 2.79 bits per heavy atom. The lowest BCUT2D eigenvalue weighted by Crippen LogP contribution is -1.89. The van der Waals surface area contributed by atoms with Crippen molar-refractivity contribution in [2.45, 2.75) is 6.92 Å². The summed E-state index contributed by atoms with van der Waals surface area (Å²) in [6.07, 6.45) is 0. The maximum absolute atomic E-state index is 11.0. The Hall–Kier alpha value is -1.78. The highest BCUT2D eigenvalue weighted by atomic mass is 35.5. The standard InChI is InChI=1S/C14H9ClO3S/c1-7-5-11(14(16)17)19-13(7)10-6-8-3-2-4-9(15)12(8)18-10/h2-6H,1H3,(H,16,17). The first-order valence-electron chi connectivity index (χ1n) is 5.58. The summed E-state index contributed by atoms with van der Waals surface area (Å²) in [7, 11) is 0. The fourth-order valence-electron chi connectivity index (χ4n) is 1.97. The van der Waals surface area contributed by atoms with Crippen molar-refractivity contribution < 1.29 is 14.3 Å². The Balaban J connectivity index is 2.19. The van der Waals surface area contributed by atoms with Crippen LogP contribution in [0.4, 0.5) is 0 Å². The summed E-state index contributed by atoms with van der Waals surface area (Å²) >= 11 is 7.27. The van der Waals surface area contributed by atoms with Crippen molar-refractivity contribution in [1.29, 1.82) is 0 Å². The molecule has 0 fully saturated rings. The van der Waals surface area contributed by atoms with Gasteiger partial charge in [-0.25, -0.2) is 4.79 Å². The van der Waals surface area contributed by atoms with E-state index in [1.165, 1.54) is 11.3 Å². The highest BCUT2D eigenvalue weighted by Gasteiger charge is 2.16. The fourth-order valence-corrected chi connectivity index (χ4v) is 3.16. The van der Waals surface area contributed by atoms with Gasteiger partial charge in [-0.1, -0.05) is 23.7 Å². The van der Waals surface area contributed by atoms with Crippen molar-refractivity contribution in [3.05, 3.63) is 45.8 Å². The van der Waals surface area contributed by atoms with Gasteiger partial charge in [0.05, 0.1) is 9.90 Å². The molecule has 3 nitrogen and oxygen atoms in total. The molecule has 0 aliphatic rings. The van der Waals surface area contributed by atoms with Crippen LogP contribution >= 0.6 is 22.9 Å². The van der Waals surface area contributed by atoms with E-state index in [9.17, 15) is 4.79 Å². The Bertz CT molecular complexity index is 785. The monoisotopic (exact) mass is 292 g/mol. The zero-order chi connectivity index (χ0) is 13.6. The van der Waals surface area contributed by atoms with E-state index < -0.39 is 5.97 Å². The topological polar surface area (TPSA) is 50.4 Å². The van der Waals surface area contributed by atoms with Gasteiger partial charge < -0.3 is 9.52 Å². The number of carboxylic acid groups (broad SMARTS) is 1. The molecule has 1 N–H and O–H groups in total. The zero-order valence-electron chi connectivity index (χ0n) is 9.94. The lowest BCUT2D eigenvalue weighted by molar-refractivity contribution is 0.0702. The average molecular weight is 293 g/mol. The number of fused-ring (bicyclic) bond motifs is 1. The molecule has 3 rings (SSSR count). The molecule has 0 atom stereocenters. The lowest BCUT2D eigenvalue weighted by atomic mass is 10.2. The Kier molecular flexibility index (Phi) is 2.84. The van der Waals surface area contributed by atoms with Crippen LogP contribution < -0.4 is 0 Å². The third-order valence-electron chi connectivity index (χ3n) is 2.85. The van der Waals surface area contributed by atoms with Gasteiger partial charge in [0, 0.05) is 5.39 Å². The number of carbonyl (C=O) groups is 1. The highest BCUT2D eigenvalue weighted by Crippen LogP contribution is 2.37. The van der Waals surface area contributed by atoms with Gasteiger partial charge >= 0.3 is 5.97 Å². The molecule has 0 saturated carbocycles. The van der Waals surface area contributed by atoms with Crippen molar-refractivity contribution in [2.75, 3.05) is 0 Å². The number of aromatic carboxylic acids is 1. The van der Waals surface area contributed by atoms with Gasteiger partial charge in [0.15, 0.2) is 5.58 Å². The van der Waals surface area contributed by atoms with Crippen molar-refractivity contribution in [2.24, 2.45) is 0 Å². The molecule has 0 aliphatic heterocycles. The molecule has 2 aromatic heterocycles. The molecular formula is C14H9ClO3S. The molecule has 0 bridgehead atoms. The summed E-state index contributed by atoms with van der Waals surface area (Å²) in [6.45, 7) is 1.87. The van der Waals surface area contributed by atoms with Crippen molar-refractivity contribution >= 4 is 39.9 Å². The van der Waals surface area contributed by atoms with Gasteiger partial charge in [0.25, 0.3) is 0 Å². The van der Waals surface area contributed by atoms with Crippen LogP contribution in [-0.2, 0) is 0 Å². The molecule has 19 heavy (non-hydrogen) atoms. The molecule has 0 unspecified atom stereocenters. The summed E-state index contributed by atoms with van der Waals surface area (Å²) < 4.78 is 5.74. The molecule has 0 radical (unpaired) electrons. The number of hydrogen-bond donors (Lipinski definition) is 1. The zero-order valence-corrected chi connectivity index (χ0v) is 11.5. The van der Waals surface area contributed by atoms with Gasteiger partial charge in [-0.2, -0.15) is 0 Å². The first-order valence-corrected chi connectivity index (χ1v) is 6.78. The third kappa shape index (κ3) is 2.03. The van der Waals surface area contributed by atoms with E-state index in [4.69, 9.17) is 21.1 Å². The second-order valence-electron chi connectivity index (χ2n) is 4.20. The van der Waals surface area contributed by atoms with Crippen LogP contribution in [0, 0.1) is 6.92 Å². The number of hydrogen-bond acceptors (Lipinski definition) is 3. The number of benzene rings is 1. The van der Waals surface area contributed by atoms with Crippen molar-refractivity contribution in [3.63, 3.8) is 0 Å². The highest BCUT2D eigenvalue weighted by molar-refractivity contribution is 7.17. The molecule has 5 heteroatoms. The van der Waals surface area contributed by atoms with E-state index in [1.807, 2.05) is 25.1 Å². The predicted molar refractivity (Wildman–Crippen MR) is 76.2 cm³/mol. The minimum Gasteiger partial charge on any atom is -0.477 e. The molecule has 0 amide bonds. The molecule has 2 heterocycles. The van der Waals surface area contributed by atoms with Crippen molar-refractivity contribution in [3.8, 4) is 10.6 Å². The van der Waals surface area contributed by atoms with E-state index in [0.29, 0.717) is 21.2 Å². The van der Waals surface area contributed by atoms with Gasteiger partial charge in [-0.05, 0) is 30.7 Å². The lowest BCUT2D eigenvalue weighted by Gasteiger charge is -1.93. The van der Waals surface area contributed by atoms with E-state index in [1.54, 1.807) is 12.1 Å². The van der Waals surface area contributed by atoms with Crippen molar-refractivity contribution in [1.82, 2.24) is 0 Å². The molecule has 0 aliphatic carbocycles. The van der Waals surface area contributed by atoms with Crippen LogP contribution in [0.15, 0.2) is 34.7 Å². The molecule has 96 valence electrons. The second kappa shape index (κ2) is 4.40. The number of carboxylic acids is 1. The predicted octanol–water partition coefficient (Wildman–Crippen LogP) is 4.82.